The van der Waals surface area contributed by atoms with Crippen molar-refractivity contribution < 1.29 is 9.84 Å². The highest BCUT2D eigenvalue weighted by atomic mass is 35.5. The van der Waals surface area contributed by atoms with E-state index >= 15 is 0 Å². The SMILES string of the molecule is COCCn1ncc(Cl)c1C(O)C1CCC(C)CC1. The van der Waals surface area contributed by atoms with Crippen molar-refractivity contribution in [2.75, 3.05) is 13.7 Å². The van der Waals surface area contributed by atoms with E-state index in [0.717, 1.165) is 24.5 Å². The van der Waals surface area contributed by atoms with Crippen molar-refractivity contribution >= 4 is 11.6 Å². The molecular weight excluding hydrogens is 264 g/mol. The quantitative estimate of drug-likeness (QED) is 0.905. The van der Waals surface area contributed by atoms with Crippen molar-refractivity contribution in [1.29, 1.82) is 0 Å². The molecule has 1 unspecified atom stereocenters. The molecule has 0 aliphatic heterocycles. The van der Waals surface area contributed by atoms with Crippen LogP contribution < -0.4 is 0 Å². The number of rotatable bonds is 5. The third-order valence-electron chi connectivity index (χ3n) is 4.13. The molecule has 2 rings (SSSR count). The van der Waals surface area contributed by atoms with Crippen molar-refractivity contribution in [3.63, 3.8) is 0 Å². The Hall–Kier alpha value is -0.580. The van der Waals surface area contributed by atoms with Crippen LogP contribution in [0.15, 0.2) is 6.20 Å². The Balaban J connectivity index is 2.09. The van der Waals surface area contributed by atoms with Crippen LogP contribution in [0.4, 0.5) is 0 Å². The van der Waals surface area contributed by atoms with Gasteiger partial charge in [-0.05, 0) is 24.7 Å². The molecule has 0 spiro atoms. The maximum atomic E-state index is 10.6. The number of nitrogens with zero attached hydrogens (tertiary/aromatic N) is 2. The van der Waals surface area contributed by atoms with E-state index in [1.54, 1.807) is 18.0 Å². The zero-order chi connectivity index (χ0) is 13.8. The third kappa shape index (κ3) is 3.50. The van der Waals surface area contributed by atoms with Gasteiger partial charge in [0.15, 0.2) is 0 Å². The molecule has 0 radical (unpaired) electrons. The highest BCUT2D eigenvalue weighted by Crippen LogP contribution is 2.38. The van der Waals surface area contributed by atoms with Crippen LogP contribution in [0.25, 0.3) is 0 Å². The normalized spacial score (nSPS) is 25.5. The summed E-state index contributed by atoms with van der Waals surface area (Å²) in [7, 11) is 1.66. The van der Waals surface area contributed by atoms with Crippen LogP contribution in [0.2, 0.25) is 5.02 Å². The summed E-state index contributed by atoms with van der Waals surface area (Å²) in [6.07, 6.45) is 5.60. The van der Waals surface area contributed by atoms with Crippen LogP contribution in [0.3, 0.4) is 0 Å². The Morgan fingerprint density at radius 3 is 2.79 bits per heavy atom. The number of aliphatic hydroxyl groups excluding tert-OH is 1. The zero-order valence-corrected chi connectivity index (χ0v) is 12.4. The number of halogens is 1. The van der Waals surface area contributed by atoms with Gasteiger partial charge < -0.3 is 9.84 Å². The molecule has 0 bridgehead atoms. The molecule has 108 valence electrons. The molecule has 19 heavy (non-hydrogen) atoms. The van der Waals surface area contributed by atoms with Gasteiger partial charge in [-0.15, -0.1) is 0 Å². The number of methoxy groups -OCH3 is 1. The molecule has 1 aromatic heterocycles. The van der Waals surface area contributed by atoms with Gasteiger partial charge in [0.1, 0.15) is 0 Å². The Bertz CT molecular complexity index is 400. The van der Waals surface area contributed by atoms with Gasteiger partial charge in [-0.1, -0.05) is 31.4 Å². The summed E-state index contributed by atoms with van der Waals surface area (Å²) < 4.78 is 6.84. The van der Waals surface area contributed by atoms with E-state index < -0.39 is 6.10 Å². The van der Waals surface area contributed by atoms with Gasteiger partial charge in [0.25, 0.3) is 0 Å². The average Bonchev–Trinajstić information content (AvgIpc) is 2.77. The first-order valence-electron chi connectivity index (χ1n) is 7.01. The van der Waals surface area contributed by atoms with E-state index in [1.807, 2.05) is 0 Å². The Morgan fingerprint density at radius 1 is 1.47 bits per heavy atom. The second-order valence-electron chi connectivity index (χ2n) is 5.56. The fourth-order valence-electron chi connectivity index (χ4n) is 2.85. The van der Waals surface area contributed by atoms with Crippen molar-refractivity contribution in [2.24, 2.45) is 11.8 Å². The standard InChI is InChI=1S/C14H23ClN2O2/c1-10-3-5-11(6-4-10)14(18)13-12(15)9-16-17(13)7-8-19-2/h9-11,14,18H,3-8H2,1-2H3. The van der Waals surface area contributed by atoms with Gasteiger partial charge in [-0.3, -0.25) is 4.68 Å². The van der Waals surface area contributed by atoms with E-state index in [-0.39, 0.29) is 0 Å². The molecular formula is C14H23ClN2O2. The van der Waals surface area contributed by atoms with Crippen LogP contribution in [0.1, 0.15) is 44.4 Å². The Labute approximate surface area is 119 Å². The van der Waals surface area contributed by atoms with Crippen molar-refractivity contribution in [3.05, 3.63) is 16.9 Å². The molecule has 4 nitrogen and oxygen atoms in total. The minimum Gasteiger partial charge on any atom is -0.386 e. The first-order chi connectivity index (χ1) is 9.13. The van der Waals surface area contributed by atoms with Gasteiger partial charge in [0.05, 0.1) is 36.2 Å². The summed E-state index contributed by atoms with van der Waals surface area (Å²) in [5.41, 5.74) is 0.748. The fourth-order valence-corrected chi connectivity index (χ4v) is 3.10. The lowest BCUT2D eigenvalue weighted by Gasteiger charge is -2.30. The van der Waals surface area contributed by atoms with Crippen molar-refractivity contribution in [3.8, 4) is 0 Å². The number of aromatic nitrogens is 2. The first kappa shape index (κ1) is 14.8. The third-order valence-corrected chi connectivity index (χ3v) is 4.42. The Kier molecular flexibility index (Phi) is 5.25. The topological polar surface area (TPSA) is 47.3 Å². The number of hydrogen-bond acceptors (Lipinski definition) is 3. The molecule has 1 saturated carbocycles. The van der Waals surface area contributed by atoms with Crippen LogP contribution >= 0.6 is 11.6 Å². The molecule has 1 aliphatic carbocycles. The fraction of sp³-hybridized carbons (Fsp3) is 0.786. The lowest BCUT2D eigenvalue weighted by molar-refractivity contribution is 0.0664. The molecule has 0 amide bonds. The van der Waals surface area contributed by atoms with Crippen molar-refractivity contribution in [1.82, 2.24) is 9.78 Å². The minimum absolute atomic E-state index is 0.298. The highest BCUT2D eigenvalue weighted by molar-refractivity contribution is 6.31. The molecule has 0 saturated heterocycles. The van der Waals surface area contributed by atoms with Gasteiger partial charge in [0.2, 0.25) is 0 Å². The summed E-state index contributed by atoms with van der Waals surface area (Å²) in [6.45, 7) is 3.47. The van der Waals surface area contributed by atoms with E-state index in [2.05, 4.69) is 12.0 Å². The summed E-state index contributed by atoms with van der Waals surface area (Å²) in [5.74, 6) is 1.07. The zero-order valence-electron chi connectivity index (χ0n) is 11.7. The summed E-state index contributed by atoms with van der Waals surface area (Å²) >= 11 is 6.18. The van der Waals surface area contributed by atoms with E-state index in [9.17, 15) is 5.11 Å². The smallest absolute Gasteiger partial charge is 0.0999 e. The molecule has 1 fully saturated rings. The van der Waals surface area contributed by atoms with Crippen LogP contribution in [-0.2, 0) is 11.3 Å². The highest BCUT2D eigenvalue weighted by Gasteiger charge is 2.29. The second kappa shape index (κ2) is 6.73. The van der Waals surface area contributed by atoms with Gasteiger partial charge in [-0.2, -0.15) is 5.10 Å². The van der Waals surface area contributed by atoms with Gasteiger partial charge >= 0.3 is 0 Å². The monoisotopic (exact) mass is 286 g/mol. The minimum atomic E-state index is -0.514. The summed E-state index contributed by atoms with van der Waals surface area (Å²) in [4.78, 5) is 0. The lowest BCUT2D eigenvalue weighted by atomic mass is 9.79. The molecule has 1 heterocycles. The molecule has 1 N–H and O–H groups in total. The van der Waals surface area contributed by atoms with E-state index in [1.165, 1.54) is 12.8 Å². The molecule has 0 aromatic carbocycles. The molecule has 1 aliphatic rings. The largest absolute Gasteiger partial charge is 0.386 e. The predicted molar refractivity (Wildman–Crippen MR) is 75.2 cm³/mol. The van der Waals surface area contributed by atoms with Crippen molar-refractivity contribution in [2.45, 2.75) is 45.3 Å². The number of ether oxygens (including phenoxy) is 1. The summed E-state index contributed by atoms with van der Waals surface area (Å²) in [6, 6.07) is 0. The molecule has 1 atom stereocenters. The Morgan fingerprint density at radius 2 is 2.16 bits per heavy atom. The van der Waals surface area contributed by atoms with Gasteiger partial charge in [0, 0.05) is 7.11 Å². The number of aliphatic hydroxyl groups is 1. The number of hydrogen-bond donors (Lipinski definition) is 1. The van der Waals surface area contributed by atoms with Crippen LogP contribution in [0.5, 0.6) is 0 Å². The summed E-state index contributed by atoms with van der Waals surface area (Å²) in [5, 5.41) is 15.4. The maximum Gasteiger partial charge on any atom is 0.0999 e. The average molecular weight is 287 g/mol. The molecule has 5 heteroatoms. The van der Waals surface area contributed by atoms with E-state index in [0.29, 0.717) is 24.1 Å². The molecule has 1 aromatic rings. The predicted octanol–water partition coefficient (Wildman–Crippen LogP) is 3.04. The first-order valence-corrected chi connectivity index (χ1v) is 7.39. The van der Waals surface area contributed by atoms with Crippen LogP contribution in [-0.4, -0.2) is 28.6 Å². The van der Waals surface area contributed by atoms with Gasteiger partial charge in [-0.25, -0.2) is 0 Å². The maximum absolute atomic E-state index is 10.6. The van der Waals surface area contributed by atoms with E-state index in [4.69, 9.17) is 16.3 Å². The van der Waals surface area contributed by atoms with Crippen LogP contribution in [0, 0.1) is 11.8 Å². The second-order valence-corrected chi connectivity index (χ2v) is 5.97. The lowest BCUT2D eigenvalue weighted by Crippen LogP contribution is -2.22.